The Morgan fingerprint density at radius 3 is 1.60 bits per heavy atom. The van der Waals surface area contributed by atoms with Crippen molar-refractivity contribution in [3.63, 3.8) is 0 Å². The van der Waals surface area contributed by atoms with Crippen LogP contribution in [0, 0.1) is 0 Å². The van der Waals surface area contributed by atoms with E-state index in [1.807, 2.05) is 0 Å². The minimum atomic E-state index is 0. The molecule has 10 heavy (non-hydrogen) atoms. The topological polar surface area (TPSA) is 57.8 Å². The summed E-state index contributed by atoms with van der Waals surface area (Å²) >= 11 is 0. The van der Waals surface area contributed by atoms with E-state index in [0.717, 1.165) is 13.2 Å². The highest BCUT2D eigenvalue weighted by Crippen LogP contribution is 1.98. The van der Waals surface area contributed by atoms with Crippen molar-refractivity contribution >= 4 is 5.78 Å². The van der Waals surface area contributed by atoms with Gasteiger partial charge >= 0.3 is 0 Å². The Hall–Kier alpha value is -0.410. The molecule has 0 aromatic rings. The van der Waals surface area contributed by atoms with Crippen molar-refractivity contribution < 1.29 is 15.0 Å². The third kappa shape index (κ3) is 15.6. The fourth-order valence-corrected chi connectivity index (χ4v) is 0.510. The first-order valence-electron chi connectivity index (χ1n) is 3.28. The van der Waals surface area contributed by atoms with Crippen LogP contribution in [0.5, 0.6) is 0 Å². The number of hydrogen-bond acceptors (Lipinski definition) is 2. The molecule has 0 bridgehead atoms. The maximum atomic E-state index is 9.44. The molecular formula is C7H16O3. The first-order chi connectivity index (χ1) is 4.23. The molecule has 0 spiro atoms. The van der Waals surface area contributed by atoms with Crippen molar-refractivity contribution in [1.29, 1.82) is 0 Å². The van der Waals surface area contributed by atoms with Crippen LogP contribution in [0.3, 0.4) is 0 Å². The quantitative estimate of drug-likeness (QED) is 0.504. The molecule has 62 valence electrons. The lowest BCUT2D eigenvalue weighted by molar-refractivity contribution is -0.114. The molecule has 0 unspecified atom stereocenters. The van der Waals surface area contributed by atoms with E-state index in [0.29, 0.717) is 0 Å². The summed E-state index contributed by atoms with van der Waals surface area (Å²) in [7, 11) is 0. The number of carbonyl (C=O) groups excluding carboxylic acids is 1. The highest BCUT2D eigenvalue weighted by Gasteiger charge is 1.94. The number of ketones is 1. The van der Waals surface area contributed by atoms with Crippen LogP contribution < -0.4 is 0 Å². The van der Waals surface area contributed by atoms with Crippen LogP contribution >= 0.6 is 0 Å². The zero-order valence-electron chi connectivity index (χ0n) is 6.64. The second kappa shape index (κ2) is 8.59. The number of ether oxygens (including phenoxy) is 1. The molecule has 0 saturated carbocycles. The Morgan fingerprint density at radius 1 is 1.20 bits per heavy atom. The van der Waals surface area contributed by atoms with E-state index < -0.39 is 0 Å². The molecule has 0 aliphatic carbocycles. The van der Waals surface area contributed by atoms with Crippen molar-refractivity contribution in [1.82, 2.24) is 0 Å². The number of Topliss-reactive ketones (excluding diaryl/α,β-unsaturated/α-hetero) is 1. The van der Waals surface area contributed by atoms with Gasteiger partial charge in [0, 0.05) is 13.2 Å². The first-order valence-corrected chi connectivity index (χ1v) is 3.28. The second-order valence-corrected chi connectivity index (χ2v) is 2.23. The summed E-state index contributed by atoms with van der Waals surface area (Å²) in [5.74, 6) is 0.167. The average Bonchev–Trinajstić information content (AvgIpc) is 2.11. The zero-order chi connectivity index (χ0) is 7.11. The monoisotopic (exact) mass is 148 g/mol. The molecule has 3 heteroatoms. The summed E-state index contributed by atoms with van der Waals surface area (Å²) in [5, 5.41) is 0. The summed E-state index contributed by atoms with van der Waals surface area (Å²) in [6.45, 7) is 5.06. The van der Waals surface area contributed by atoms with Crippen LogP contribution in [0.15, 0.2) is 0 Å². The zero-order valence-corrected chi connectivity index (χ0v) is 6.64. The lowest BCUT2D eigenvalue weighted by Crippen LogP contribution is -1.74. The normalized spacial score (nSPS) is 14.6. The van der Waals surface area contributed by atoms with E-state index in [1.165, 1.54) is 26.7 Å². The second-order valence-electron chi connectivity index (χ2n) is 2.23. The highest BCUT2D eigenvalue weighted by atomic mass is 16.5. The summed E-state index contributed by atoms with van der Waals surface area (Å²) in [6.07, 6.45) is 2.56. The van der Waals surface area contributed by atoms with E-state index >= 15 is 0 Å². The molecule has 0 aromatic heterocycles. The molecule has 1 saturated heterocycles. The first kappa shape index (κ1) is 12.3. The Morgan fingerprint density at radius 2 is 1.50 bits per heavy atom. The van der Waals surface area contributed by atoms with Gasteiger partial charge in [-0.25, -0.2) is 0 Å². The summed E-state index contributed by atoms with van der Waals surface area (Å²) in [4.78, 5) is 9.44. The van der Waals surface area contributed by atoms with Crippen LogP contribution in [-0.2, 0) is 9.53 Å². The molecule has 1 heterocycles. The Labute approximate surface area is 61.7 Å². The van der Waals surface area contributed by atoms with Gasteiger partial charge < -0.3 is 15.0 Å². The Bertz CT molecular complexity index is 65.3. The van der Waals surface area contributed by atoms with Gasteiger partial charge in [-0.1, -0.05) is 0 Å². The molecular weight excluding hydrogens is 132 g/mol. The van der Waals surface area contributed by atoms with Crippen molar-refractivity contribution in [3.8, 4) is 0 Å². The lowest BCUT2D eigenvalue weighted by Gasteiger charge is -1.76. The summed E-state index contributed by atoms with van der Waals surface area (Å²) < 4.78 is 4.94. The molecule has 0 atom stereocenters. The Balaban J connectivity index is 0. The van der Waals surface area contributed by atoms with Gasteiger partial charge in [0.05, 0.1) is 0 Å². The maximum Gasteiger partial charge on any atom is 0.126 e. The summed E-state index contributed by atoms with van der Waals surface area (Å²) in [6, 6.07) is 0. The third-order valence-electron chi connectivity index (χ3n) is 0.827. The van der Waals surface area contributed by atoms with E-state index in [-0.39, 0.29) is 11.3 Å². The fourth-order valence-electron chi connectivity index (χ4n) is 0.510. The van der Waals surface area contributed by atoms with E-state index in [4.69, 9.17) is 4.74 Å². The van der Waals surface area contributed by atoms with Crippen molar-refractivity contribution in [2.24, 2.45) is 0 Å². The molecule has 1 rings (SSSR count). The third-order valence-corrected chi connectivity index (χ3v) is 0.827. The fraction of sp³-hybridized carbons (Fsp3) is 0.857. The summed E-state index contributed by atoms with van der Waals surface area (Å²) in [5.41, 5.74) is 0. The standard InChI is InChI=1S/C4H8O.C3H6O.H2O/c1-2-4-5-3-1;1-3(2)4;/h1-4H2;1-2H3;1H2. The van der Waals surface area contributed by atoms with Crippen LogP contribution in [0.2, 0.25) is 0 Å². The molecule has 0 radical (unpaired) electrons. The van der Waals surface area contributed by atoms with Gasteiger partial charge in [0.25, 0.3) is 0 Å². The molecule has 1 aliphatic rings. The number of carbonyl (C=O) groups is 1. The molecule has 1 aliphatic heterocycles. The van der Waals surface area contributed by atoms with Gasteiger partial charge in [-0.05, 0) is 26.7 Å². The molecule has 0 aromatic carbocycles. The minimum Gasteiger partial charge on any atom is -0.412 e. The van der Waals surface area contributed by atoms with E-state index in [2.05, 4.69) is 0 Å². The SMILES string of the molecule is C1CCOC1.CC(C)=O.O. The lowest BCUT2D eigenvalue weighted by atomic mass is 10.4. The molecule has 0 amide bonds. The smallest absolute Gasteiger partial charge is 0.126 e. The molecule has 3 nitrogen and oxygen atoms in total. The van der Waals surface area contributed by atoms with Gasteiger partial charge in [-0.2, -0.15) is 0 Å². The number of rotatable bonds is 0. The van der Waals surface area contributed by atoms with Crippen LogP contribution in [0.25, 0.3) is 0 Å². The van der Waals surface area contributed by atoms with Crippen molar-refractivity contribution in [3.05, 3.63) is 0 Å². The van der Waals surface area contributed by atoms with Gasteiger partial charge in [0.15, 0.2) is 0 Å². The van der Waals surface area contributed by atoms with E-state index in [9.17, 15) is 4.79 Å². The Kier molecular flexibility index (Phi) is 10.6. The van der Waals surface area contributed by atoms with Gasteiger partial charge in [0.1, 0.15) is 5.78 Å². The van der Waals surface area contributed by atoms with Crippen LogP contribution in [0.4, 0.5) is 0 Å². The number of hydrogen-bond donors (Lipinski definition) is 0. The minimum absolute atomic E-state index is 0. The van der Waals surface area contributed by atoms with Crippen molar-refractivity contribution in [2.75, 3.05) is 13.2 Å². The molecule has 1 fully saturated rings. The van der Waals surface area contributed by atoms with Gasteiger partial charge in [-0.3, -0.25) is 0 Å². The highest BCUT2D eigenvalue weighted by molar-refractivity contribution is 5.72. The predicted molar refractivity (Wildman–Crippen MR) is 40.0 cm³/mol. The maximum absolute atomic E-state index is 9.44. The predicted octanol–water partition coefficient (Wildman–Crippen LogP) is 0.567. The van der Waals surface area contributed by atoms with E-state index in [1.54, 1.807) is 0 Å². The van der Waals surface area contributed by atoms with Gasteiger partial charge in [0.2, 0.25) is 0 Å². The van der Waals surface area contributed by atoms with Crippen LogP contribution in [-0.4, -0.2) is 24.5 Å². The van der Waals surface area contributed by atoms with Gasteiger partial charge in [-0.15, -0.1) is 0 Å². The van der Waals surface area contributed by atoms with Crippen molar-refractivity contribution in [2.45, 2.75) is 26.7 Å². The average molecular weight is 148 g/mol. The van der Waals surface area contributed by atoms with Crippen LogP contribution in [0.1, 0.15) is 26.7 Å². The molecule has 2 N–H and O–H groups in total. The largest absolute Gasteiger partial charge is 0.412 e.